The topological polar surface area (TPSA) is 152 Å². The highest BCUT2D eigenvalue weighted by molar-refractivity contribution is 7.45. The molecule has 0 bridgehead atoms. The maximum atomic E-state index is 12.7. The number of phosphoric acid groups is 1. The Morgan fingerprint density at radius 3 is 1.68 bits per heavy atom. The molecule has 11 nitrogen and oxygen atoms in total. The van der Waals surface area contributed by atoms with E-state index in [4.69, 9.17) is 18.5 Å². The molecular formula is C50H82NO10P. The maximum Gasteiger partial charge on any atom is 0.306 e. The summed E-state index contributed by atoms with van der Waals surface area (Å²) in [5, 5.41) is 20.4. The summed E-state index contributed by atoms with van der Waals surface area (Å²) in [6, 6.07) is 0. The van der Waals surface area contributed by atoms with Crippen molar-refractivity contribution in [1.29, 1.82) is 0 Å². The molecule has 62 heavy (non-hydrogen) atoms. The fourth-order valence-electron chi connectivity index (χ4n) is 5.30. The summed E-state index contributed by atoms with van der Waals surface area (Å²) in [4.78, 5) is 37.6. The standard InChI is InChI=1S/C50H82NO10P/c1-6-8-10-12-14-15-16-17-18-19-20-21-22-23-24-25-26-28-34-40-49(54)58-44-48(45-60-62(56,57)59-43-42-51(3,4)5)61-50(55)41-35-39-47(53)38-33-30-29-32-37-46(52)36-31-27-13-11-9-7-2/h14-15,17-18,20-21,23-24,26-33,37-38,46-48,52-53H,6-13,16,19,22,25,34-36,39-45H2,1-5H3/b15-14-,18-17-,21-20-,24-23-,28-26-,30-29+,31-27-,37-32+,38-33-/t46-,47-,48+/m0/s1. The van der Waals surface area contributed by atoms with Crippen molar-refractivity contribution in [2.45, 2.75) is 148 Å². The van der Waals surface area contributed by atoms with Crippen molar-refractivity contribution in [2.24, 2.45) is 0 Å². The number of likely N-dealkylation sites (N-methyl/N-ethyl adjacent to an activating group) is 1. The number of esters is 2. The van der Waals surface area contributed by atoms with E-state index in [2.05, 4.69) is 68.5 Å². The molecule has 4 atom stereocenters. The molecule has 0 heterocycles. The van der Waals surface area contributed by atoms with Gasteiger partial charge in [-0.25, -0.2) is 0 Å². The number of rotatable bonds is 39. The van der Waals surface area contributed by atoms with Crippen LogP contribution in [0.3, 0.4) is 0 Å². The number of aliphatic hydroxyl groups is 2. The quantitative estimate of drug-likeness (QED) is 0.0152. The minimum atomic E-state index is -4.72. The van der Waals surface area contributed by atoms with Crippen molar-refractivity contribution in [3.8, 4) is 0 Å². The Balaban J connectivity index is 4.74. The largest absolute Gasteiger partial charge is 0.756 e. The van der Waals surface area contributed by atoms with Crippen LogP contribution in [-0.4, -0.2) is 92.5 Å². The van der Waals surface area contributed by atoms with Crippen LogP contribution < -0.4 is 4.89 Å². The maximum absolute atomic E-state index is 12.7. The van der Waals surface area contributed by atoms with Crippen molar-refractivity contribution in [3.05, 3.63) is 109 Å². The molecule has 2 N–H and O–H groups in total. The van der Waals surface area contributed by atoms with Gasteiger partial charge in [0, 0.05) is 12.8 Å². The Labute approximate surface area is 375 Å². The number of nitrogens with zero attached hydrogens (tertiary/aromatic N) is 1. The lowest BCUT2D eigenvalue weighted by Crippen LogP contribution is -2.37. The number of allylic oxidation sites excluding steroid dienone is 15. The van der Waals surface area contributed by atoms with Crippen LogP contribution in [0, 0.1) is 0 Å². The molecule has 1 unspecified atom stereocenters. The zero-order chi connectivity index (χ0) is 46.0. The Bertz CT molecular complexity index is 1450. The van der Waals surface area contributed by atoms with Crippen LogP contribution in [0.15, 0.2) is 109 Å². The smallest absolute Gasteiger partial charge is 0.306 e. The van der Waals surface area contributed by atoms with Crippen LogP contribution in [0.2, 0.25) is 0 Å². The lowest BCUT2D eigenvalue weighted by Gasteiger charge is -2.28. The highest BCUT2D eigenvalue weighted by Gasteiger charge is 2.22. The Morgan fingerprint density at radius 1 is 0.613 bits per heavy atom. The second-order valence-electron chi connectivity index (χ2n) is 16.1. The molecule has 0 aromatic heterocycles. The summed E-state index contributed by atoms with van der Waals surface area (Å²) < 4.78 is 33.6. The predicted molar refractivity (Wildman–Crippen MR) is 252 cm³/mol. The summed E-state index contributed by atoms with van der Waals surface area (Å²) in [6.07, 6.45) is 47.6. The number of hydrogen-bond acceptors (Lipinski definition) is 10. The molecule has 12 heteroatoms. The molecule has 0 saturated heterocycles. The van der Waals surface area contributed by atoms with Gasteiger partial charge in [-0.3, -0.25) is 14.2 Å². The molecule has 0 aliphatic heterocycles. The van der Waals surface area contributed by atoms with Gasteiger partial charge in [-0.05, 0) is 77.0 Å². The third-order valence-corrected chi connectivity index (χ3v) is 9.93. The number of unbranched alkanes of at least 4 members (excludes halogenated alkanes) is 6. The molecular weight excluding hydrogens is 806 g/mol. The van der Waals surface area contributed by atoms with Gasteiger partial charge in [-0.2, -0.15) is 0 Å². The van der Waals surface area contributed by atoms with Gasteiger partial charge in [0.1, 0.15) is 19.8 Å². The number of quaternary nitrogens is 1. The fourth-order valence-corrected chi connectivity index (χ4v) is 6.03. The average molecular weight is 888 g/mol. The summed E-state index contributed by atoms with van der Waals surface area (Å²) in [5.74, 6) is -1.18. The summed E-state index contributed by atoms with van der Waals surface area (Å²) in [7, 11) is 0.952. The van der Waals surface area contributed by atoms with Crippen LogP contribution in [0.25, 0.3) is 0 Å². The molecule has 0 aromatic carbocycles. The van der Waals surface area contributed by atoms with E-state index in [1.807, 2.05) is 39.4 Å². The molecule has 0 spiro atoms. The van der Waals surface area contributed by atoms with E-state index >= 15 is 0 Å². The minimum Gasteiger partial charge on any atom is -0.756 e. The minimum absolute atomic E-state index is 0.0574. The van der Waals surface area contributed by atoms with Crippen LogP contribution in [0.4, 0.5) is 0 Å². The highest BCUT2D eigenvalue weighted by Crippen LogP contribution is 2.38. The first kappa shape index (κ1) is 58.6. The van der Waals surface area contributed by atoms with Gasteiger partial charge in [0.2, 0.25) is 0 Å². The van der Waals surface area contributed by atoms with Crippen molar-refractivity contribution >= 4 is 19.8 Å². The molecule has 0 saturated carbocycles. The van der Waals surface area contributed by atoms with E-state index in [1.165, 1.54) is 38.5 Å². The van der Waals surface area contributed by atoms with Gasteiger partial charge in [0.15, 0.2) is 6.10 Å². The molecule has 0 rings (SSSR count). The monoisotopic (exact) mass is 888 g/mol. The first-order valence-corrected chi connectivity index (χ1v) is 24.3. The fraction of sp³-hybridized carbons (Fsp3) is 0.600. The second-order valence-corrected chi connectivity index (χ2v) is 17.5. The van der Waals surface area contributed by atoms with Gasteiger partial charge in [0.25, 0.3) is 7.82 Å². The van der Waals surface area contributed by atoms with Gasteiger partial charge < -0.3 is 38.1 Å². The normalized spacial score (nSPS) is 15.5. The number of ether oxygens (including phenoxy) is 2. The highest BCUT2D eigenvalue weighted by atomic mass is 31.2. The summed E-state index contributed by atoms with van der Waals surface area (Å²) in [6.45, 7) is 3.73. The van der Waals surface area contributed by atoms with Crippen molar-refractivity contribution in [1.82, 2.24) is 0 Å². The first-order valence-electron chi connectivity index (χ1n) is 22.8. The Kier molecular flexibility index (Phi) is 38.1. The number of hydrogen-bond donors (Lipinski definition) is 2. The molecule has 352 valence electrons. The lowest BCUT2D eigenvalue weighted by atomic mass is 10.1. The summed E-state index contributed by atoms with van der Waals surface area (Å²) in [5.41, 5.74) is 0. The van der Waals surface area contributed by atoms with E-state index in [0.717, 1.165) is 38.5 Å². The van der Waals surface area contributed by atoms with Gasteiger partial charge in [-0.1, -0.05) is 149 Å². The lowest BCUT2D eigenvalue weighted by molar-refractivity contribution is -0.870. The molecule has 0 amide bonds. The van der Waals surface area contributed by atoms with Crippen molar-refractivity contribution < 1.29 is 52.3 Å². The first-order chi connectivity index (χ1) is 29.8. The van der Waals surface area contributed by atoms with Crippen molar-refractivity contribution in [2.75, 3.05) is 47.5 Å². The molecule has 0 aromatic rings. The van der Waals surface area contributed by atoms with Crippen molar-refractivity contribution in [3.63, 3.8) is 0 Å². The molecule has 0 aliphatic rings. The SMILES string of the molecule is CCCCC/C=C\C/C=C\C/C=C\C/C=C\C/C=C\CCC(=O)OC[C@H](COP(=O)([O-])OCC[N+](C)(C)C)OC(=O)CCC[C@@H](O)\C=C/C=C/C=C/[C@@H](O)C/C=C\CCCCC. The van der Waals surface area contributed by atoms with Gasteiger partial charge >= 0.3 is 11.9 Å². The van der Waals surface area contributed by atoms with Gasteiger partial charge in [-0.15, -0.1) is 0 Å². The number of carbonyl (C=O) groups is 2. The van der Waals surface area contributed by atoms with E-state index in [1.54, 1.807) is 36.5 Å². The number of carbonyl (C=O) groups excluding carboxylic acids is 2. The van der Waals surface area contributed by atoms with Crippen LogP contribution >= 0.6 is 7.82 Å². The molecule has 0 radical (unpaired) electrons. The van der Waals surface area contributed by atoms with E-state index in [-0.39, 0.29) is 25.9 Å². The second kappa shape index (κ2) is 40.4. The zero-order valence-corrected chi connectivity index (χ0v) is 39.6. The third kappa shape index (κ3) is 43.2. The van der Waals surface area contributed by atoms with Crippen LogP contribution in [0.5, 0.6) is 0 Å². The van der Waals surface area contributed by atoms with Gasteiger partial charge in [0.05, 0.1) is 40.0 Å². The number of phosphoric ester groups is 1. The van der Waals surface area contributed by atoms with E-state index < -0.39 is 51.3 Å². The van der Waals surface area contributed by atoms with Crippen LogP contribution in [0.1, 0.15) is 129 Å². The zero-order valence-electron chi connectivity index (χ0n) is 38.7. The Morgan fingerprint density at radius 2 is 1.13 bits per heavy atom. The average Bonchev–Trinajstić information content (AvgIpc) is 3.21. The van der Waals surface area contributed by atoms with Crippen LogP contribution in [-0.2, 0) is 32.7 Å². The predicted octanol–water partition coefficient (Wildman–Crippen LogP) is 10.4. The molecule has 0 fully saturated rings. The third-order valence-electron chi connectivity index (χ3n) is 8.97. The Hall–Kier alpha value is -3.41. The van der Waals surface area contributed by atoms with E-state index in [9.17, 15) is 29.3 Å². The summed E-state index contributed by atoms with van der Waals surface area (Å²) >= 11 is 0. The number of aliphatic hydroxyl groups excluding tert-OH is 2. The molecule has 0 aliphatic carbocycles. The van der Waals surface area contributed by atoms with E-state index in [0.29, 0.717) is 30.3 Å².